The summed E-state index contributed by atoms with van der Waals surface area (Å²) in [6.07, 6.45) is 0.991. The van der Waals surface area contributed by atoms with Crippen LogP contribution < -0.4 is 15.5 Å². The SMILES string of the molecule is CCC[C@]1(O)CN(C(=O)Nc2cccc3c2[C@H](c2cc(F)ccc2Cl)NC3=O)c2ccc(F)cc21. The molecule has 0 fully saturated rings. The van der Waals surface area contributed by atoms with E-state index in [0.29, 0.717) is 46.5 Å². The maximum absolute atomic E-state index is 14.0. The molecule has 0 unspecified atom stereocenters. The van der Waals surface area contributed by atoms with Gasteiger partial charge in [0.15, 0.2) is 0 Å². The van der Waals surface area contributed by atoms with Crippen molar-refractivity contribution in [3.05, 3.63) is 93.5 Å². The van der Waals surface area contributed by atoms with Crippen molar-refractivity contribution < 1.29 is 23.5 Å². The Labute approximate surface area is 205 Å². The van der Waals surface area contributed by atoms with Gasteiger partial charge >= 0.3 is 6.03 Å². The molecule has 6 nitrogen and oxygen atoms in total. The number of urea groups is 1. The van der Waals surface area contributed by atoms with E-state index in [0.717, 1.165) is 0 Å². The van der Waals surface area contributed by atoms with E-state index in [1.165, 1.54) is 41.3 Å². The molecule has 3 N–H and O–H groups in total. The first kappa shape index (κ1) is 23.3. The number of carbonyl (C=O) groups is 2. The van der Waals surface area contributed by atoms with Gasteiger partial charge in [0, 0.05) is 33.0 Å². The number of β-amino-alcohol motifs (C(OH)–C–C–N with tert-alkyl or cyclic N) is 1. The van der Waals surface area contributed by atoms with Gasteiger partial charge in [-0.3, -0.25) is 9.69 Å². The fraction of sp³-hybridized carbons (Fsp3) is 0.231. The summed E-state index contributed by atoms with van der Waals surface area (Å²) in [5, 5.41) is 17.1. The number of halogens is 3. The molecule has 2 heterocycles. The van der Waals surface area contributed by atoms with Crippen LogP contribution >= 0.6 is 11.6 Å². The van der Waals surface area contributed by atoms with E-state index in [1.807, 2.05) is 6.92 Å². The smallest absolute Gasteiger partial charge is 0.326 e. The molecule has 0 radical (unpaired) electrons. The van der Waals surface area contributed by atoms with Crippen LogP contribution in [-0.4, -0.2) is 23.6 Å². The maximum Gasteiger partial charge on any atom is 0.326 e. The van der Waals surface area contributed by atoms with Crippen molar-refractivity contribution in [3.63, 3.8) is 0 Å². The Hall–Kier alpha value is -3.49. The predicted octanol–water partition coefficient (Wildman–Crippen LogP) is 5.49. The molecule has 0 spiro atoms. The fourth-order valence-corrected chi connectivity index (χ4v) is 5.20. The normalized spacial score (nSPS) is 20.4. The van der Waals surface area contributed by atoms with Gasteiger partial charge in [-0.1, -0.05) is 31.0 Å². The molecule has 0 saturated heterocycles. The number of hydrogen-bond donors (Lipinski definition) is 3. The molecule has 3 amide bonds. The highest BCUT2D eigenvalue weighted by Crippen LogP contribution is 2.43. The van der Waals surface area contributed by atoms with Gasteiger partial charge in [-0.25, -0.2) is 13.6 Å². The van der Waals surface area contributed by atoms with Crippen LogP contribution in [0, 0.1) is 11.6 Å². The van der Waals surface area contributed by atoms with Gasteiger partial charge in [0.2, 0.25) is 0 Å². The van der Waals surface area contributed by atoms with E-state index < -0.39 is 29.3 Å². The summed E-state index contributed by atoms with van der Waals surface area (Å²) in [7, 11) is 0. The van der Waals surface area contributed by atoms with Crippen molar-refractivity contribution in [2.45, 2.75) is 31.4 Å². The number of nitrogens with one attached hydrogen (secondary N) is 2. The molecule has 3 aromatic rings. The number of aliphatic hydroxyl groups is 1. The number of fused-ring (bicyclic) bond motifs is 2. The molecule has 9 heteroatoms. The number of anilines is 2. The first-order chi connectivity index (χ1) is 16.7. The van der Waals surface area contributed by atoms with Gasteiger partial charge in [0.25, 0.3) is 5.91 Å². The third kappa shape index (κ3) is 3.92. The van der Waals surface area contributed by atoms with Crippen LogP contribution in [0.15, 0.2) is 54.6 Å². The zero-order valence-electron chi connectivity index (χ0n) is 18.7. The third-order valence-electron chi connectivity index (χ3n) is 6.50. The number of hydrogen-bond acceptors (Lipinski definition) is 3. The molecule has 35 heavy (non-hydrogen) atoms. The molecule has 0 saturated carbocycles. The molecule has 0 bridgehead atoms. The molecule has 0 aromatic heterocycles. The summed E-state index contributed by atoms with van der Waals surface area (Å²) >= 11 is 6.31. The first-order valence-corrected chi connectivity index (χ1v) is 11.6. The summed E-state index contributed by atoms with van der Waals surface area (Å²) in [5.41, 5.74) is 0.878. The summed E-state index contributed by atoms with van der Waals surface area (Å²) in [5.74, 6) is -1.38. The first-order valence-electron chi connectivity index (χ1n) is 11.2. The Morgan fingerprint density at radius 1 is 1.20 bits per heavy atom. The van der Waals surface area contributed by atoms with E-state index >= 15 is 0 Å². The van der Waals surface area contributed by atoms with Crippen LogP contribution in [0.5, 0.6) is 0 Å². The quantitative estimate of drug-likeness (QED) is 0.446. The second kappa shape index (κ2) is 8.62. The highest BCUT2D eigenvalue weighted by atomic mass is 35.5. The zero-order valence-corrected chi connectivity index (χ0v) is 19.5. The van der Waals surface area contributed by atoms with Crippen LogP contribution in [-0.2, 0) is 5.60 Å². The van der Waals surface area contributed by atoms with Crippen LogP contribution in [0.25, 0.3) is 0 Å². The standard InChI is InChI=1S/C26H22ClF2N3O3/c1-2-10-26(35)13-32(21-9-7-15(29)12-18(21)26)25(34)30-20-5-3-4-16-22(20)23(31-24(16)33)17-11-14(28)6-8-19(17)27/h3-9,11-12,23,35H,2,10,13H2,1H3,(H,30,34)(H,31,33)/t23-,26-/m0/s1. The Morgan fingerprint density at radius 3 is 2.71 bits per heavy atom. The predicted molar refractivity (Wildman–Crippen MR) is 129 cm³/mol. The second-order valence-corrected chi connectivity index (χ2v) is 9.21. The molecule has 2 aliphatic rings. The average Bonchev–Trinajstić information content (AvgIpc) is 3.31. The van der Waals surface area contributed by atoms with Crippen LogP contribution in [0.1, 0.15) is 52.9 Å². The lowest BCUT2D eigenvalue weighted by atomic mass is 9.91. The van der Waals surface area contributed by atoms with E-state index in [4.69, 9.17) is 11.6 Å². The molecule has 2 aliphatic heterocycles. The van der Waals surface area contributed by atoms with E-state index in [-0.39, 0.29) is 17.5 Å². The number of benzene rings is 3. The Morgan fingerprint density at radius 2 is 1.94 bits per heavy atom. The van der Waals surface area contributed by atoms with Gasteiger partial charge in [0.05, 0.1) is 18.3 Å². The molecule has 5 rings (SSSR count). The largest absolute Gasteiger partial charge is 0.383 e. The van der Waals surface area contributed by atoms with Crippen molar-refractivity contribution in [1.29, 1.82) is 0 Å². The van der Waals surface area contributed by atoms with Crippen molar-refractivity contribution in [1.82, 2.24) is 5.32 Å². The Balaban J connectivity index is 1.52. The van der Waals surface area contributed by atoms with Gasteiger partial charge in [-0.05, 0) is 55.0 Å². The van der Waals surface area contributed by atoms with Gasteiger partial charge in [-0.2, -0.15) is 0 Å². The fourth-order valence-electron chi connectivity index (χ4n) is 4.97. The molecule has 180 valence electrons. The van der Waals surface area contributed by atoms with Gasteiger partial charge in [0.1, 0.15) is 17.2 Å². The second-order valence-electron chi connectivity index (χ2n) is 8.80. The average molecular weight is 498 g/mol. The number of nitrogens with zero attached hydrogens (tertiary/aromatic N) is 1. The summed E-state index contributed by atoms with van der Waals surface area (Å²) in [4.78, 5) is 27.4. The minimum atomic E-state index is -1.38. The van der Waals surface area contributed by atoms with Crippen molar-refractivity contribution in [2.75, 3.05) is 16.8 Å². The lowest BCUT2D eigenvalue weighted by Gasteiger charge is -2.24. The minimum absolute atomic E-state index is 0.0448. The monoisotopic (exact) mass is 497 g/mol. The van der Waals surface area contributed by atoms with E-state index in [1.54, 1.807) is 18.2 Å². The molecule has 3 aromatic carbocycles. The molecular formula is C26H22ClF2N3O3. The third-order valence-corrected chi connectivity index (χ3v) is 6.85. The van der Waals surface area contributed by atoms with Crippen LogP contribution in [0.3, 0.4) is 0 Å². The van der Waals surface area contributed by atoms with Crippen molar-refractivity contribution >= 4 is 34.9 Å². The van der Waals surface area contributed by atoms with Crippen molar-refractivity contribution in [3.8, 4) is 0 Å². The maximum atomic E-state index is 14.0. The molecule has 0 aliphatic carbocycles. The topological polar surface area (TPSA) is 81.7 Å². The Kier molecular flexibility index (Phi) is 5.73. The van der Waals surface area contributed by atoms with E-state index in [2.05, 4.69) is 10.6 Å². The van der Waals surface area contributed by atoms with Crippen molar-refractivity contribution in [2.24, 2.45) is 0 Å². The van der Waals surface area contributed by atoms with Gasteiger partial charge < -0.3 is 15.7 Å². The van der Waals surface area contributed by atoms with Crippen LogP contribution in [0.2, 0.25) is 5.02 Å². The van der Waals surface area contributed by atoms with E-state index in [9.17, 15) is 23.5 Å². The highest BCUT2D eigenvalue weighted by Gasteiger charge is 2.43. The summed E-state index contributed by atoms with van der Waals surface area (Å²) < 4.78 is 28.0. The lowest BCUT2D eigenvalue weighted by molar-refractivity contribution is 0.0443. The molecular weight excluding hydrogens is 476 g/mol. The minimum Gasteiger partial charge on any atom is -0.383 e. The van der Waals surface area contributed by atoms with Crippen LogP contribution in [0.4, 0.5) is 25.0 Å². The number of amides is 3. The summed E-state index contributed by atoms with van der Waals surface area (Å²) in [6, 6.07) is 11.4. The zero-order chi connectivity index (χ0) is 24.9. The number of carbonyl (C=O) groups excluding carboxylic acids is 2. The highest BCUT2D eigenvalue weighted by molar-refractivity contribution is 6.31. The lowest BCUT2D eigenvalue weighted by Crippen LogP contribution is -2.39. The molecule has 2 atom stereocenters. The number of rotatable bonds is 4. The Bertz CT molecular complexity index is 1370. The van der Waals surface area contributed by atoms with Gasteiger partial charge in [-0.15, -0.1) is 0 Å². The summed E-state index contributed by atoms with van der Waals surface area (Å²) in [6.45, 7) is 1.85.